The van der Waals surface area contributed by atoms with Crippen molar-refractivity contribution < 1.29 is 4.79 Å². The fourth-order valence-electron chi connectivity index (χ4n) is 5.15. The van der Waals surface area contributed by atoms with Crippen LogP contribution in [0.5, 0.6) is 0 Å². The minimum absolute atomic E-state index is 0. The van der Waals surface area contributed by atoms with E-state index in [2.05, 4.69) is 28.3 Å². The van der Waals surface area contributed by atoms with Crippen molar-refractivity contribution in [1.29, 1.82) is 0 Å². The van der Waals surface area contributed by atoms with E-state index in [1.165, 1.54) is 50.8 Å². The predicted octanol–water partition coefficient (Wildman–Crippen LogP) is 3.47. The lowest BCUT2D eigenvalue weighted by Gasteiger charge is -2.23. The molecule has 0 spiro atoms. The molecule has 0 aromatic carbocycles. The maximum atomic E-state index is 12.5. The van der Waals surface area contributed by atoms with Crippen molar-refractivity contribution in [1.82, 2.24) is 20.0 Å². The molecule has 1 aromatic heterocycles. The Balaban J connectivity index is 0.00000210. The number of likely N-dealkylation sites (tertiary alicyclic amines) is 1. The molecule has 0 unspecified atom stereocenters. The quantitative estimate of drug-likeness (QED) is 0.770. The minimum atomic E-state index is 0. The Morgan fingerprint density at radius 3 is 2.56 bits per heavy atom. The highest BCUT2D eigenvalue weighted by atomic mass is 35.5. The highest BCUT2D eigenvalue weighted by molar-refractivity contribution is 5.85. The third-order valence-electron chi connectivity index (χ3n) is 6.69. The number of carbonyl (C=O) groups is 1. The summed E-state index contributed by atoms with van der Waals surface area (Å²) in [6.45, 7) is 7.22. The van der Waals surface area contributed by atoms with Crippen LogP contribution in [-0.4, -0.2) is 45.8 Å². The molecule has 1 aromatic rings. The summed E-state index contributed by atoms with van der Waals surface area (Å²) in [6, 6.07) is 3.25. The topological polar surface area (TPSA) is 50.2 Å². The first-order valence-electron chi connectivity index (χ1n) is 10.6. The molecule has 4 rings (SSSR count). The van der Waals surface area contributed by atoms with Gasteiger partial charge in [0.25, 0.3) is 0 Å². The van der Waals surface area contributed by atoms with Gasteiger partial charge in [-0.1, -0.05) is 12.8 Å². The molecule has 2 atom stereocenters. The average molecular weight is 395 g/mol. The van der Waals surface area contributed by atoms with E-state index in [0.717, 1.165) is 37.2 Å². The van der Waals surface area contributed by atoms with Gasteiger partial charge in [0.05, 0.1) is 5.69 Å². The standard InChI is InChI=1S/C21H34N4O.ClH/c1-15-12-16(2)25(23-15)11-5-8-21(26)22-20-14-24(18-6-3-4-7-18)13-19(20)17-9-10-17;/h12,17-20H,3-11,13-14H2,1-2H3,(H,22,26);1H/t19-,20+;/m1./s1. The highest BCUT2D eigenvalue weighted by Gasteiger charge is 2.44. The van der Waals surface area contributed by atoms with Gasteiger partial charge in [-0.25, -0.2) is 0 Å². The molecule has 1 N–H and O–H groups in total. The van der Waals surface area contributed by atoms with Crippen molar-refractivity contribution in [2.45, 2.75) is 83.8 Å². The fourth-order valence-corrected chi connectivity index (χ4v) is 5.15. The number of halogens is 1. The van der Waals surface area contributed by atoms with E-state index < -0.39 is 0 Å². The van der Waals surface area contributed by atoms with Gasteiger partial charge in [0, 0.05) is 43.8 Å². The molecular formula is C21H35ClN4O. The maximum Gasteiger partial charge on any atom is 0.220 e. The Morgan fingerprint density at radius 1 is 1.19 bits per heavy atom. The molecule has 1 aliphatic heterocycles. The molecular weight excluding hydrogens is 360 g/mol. The molecule has 0 radical (unpaired) electrons. The molecule has 2 saturated carbocycles. The van der Waals surface area contributed by atoms with Gasteiger partial charge < -0.3 is 5.32 Å². The van der Waals surface area contributed by atoms with Crippen LogP contribution < -0.4 is 5.32 Å². The number of amides is 1. The van der Waals surface area contributed by atoms with Crippen LogP contribution in [0.1, 0.15) is 62.8 Å². The zero-order valence-corrected chi connectivity index (χ0v) is 17.6. The summed E-state index contributed by atoms with van der Waals surface area (Å²) < 4.78 is 2.02. The molecule has 2 aliphatic carbocycles. The van der Waals surface area contributed by atoms with Crippen molar-refractivity contribution in [2.24, 2.45) is 11.8 Å². The number of aryl methyl sites for hydroxylation is 3. The molecule has 27 heavy (non-hydrogen) atoms. The van der Waals surface area contributed by atoms with Crippen molar-refractivity contribution in [2.75, 3.05) is 13.1 Å². The van der Waals surface area contributed by atoms with E-state index >= 15 is 0 Å². The number of rotatable bonds is 7. The van der Waals surface area contributed by atoms with Gasteiger partial charge in [0.1, 0.15) is 0 Å². The molecule has 3 aliphatic rings. The van der Waals surface area contributed by atoms with Gasteiger partial charge in [-0.3, -0.25) is 14.4 Å². The Labute approximate surface area is 169 Å². The zero-order valence-electron chi connectivity index (χ0n) is 16.8. The first-order chi connectivity index (χ1) is 12.6. The third-order valence-corrected chi connectivity index (χ3v) is 6.69. The second-order valence-corrected chi connectivity index (χ2v) is 8.82. The van der Waals surface area contributed by atoms with E-state index in [-0.39, 0.29) is 18.3 Å². The smallest absolute Gasteiger partial charge is 0.220 e. The number of nitrogens with one attached hydrogen (secondary N) is 1. The predicted molar refractivity (Wildman–Crippen MR) is 110 cm³/mol. The molecule has 5 nitrogen and oxygen atoms in total. The first-order valence-corrected chi connectivity index (χ1v) is 10.6. The fraction of sp³-hybridized carbons (Fsp3) is 0.810. The van der Waals surface area contributed by atoms with Gasteiger partial charge in [0.2, 0.25) is 5.91 Å². The molecule has 2 heterocycles. The van der Waals surface area contributed by atoms with Crippen LogP contribution in [0.2, 0.25) is 0 Å². The third kappa shape index (κ3) is 5.05. The number of nitrogens with zero attached hydrogens (tertiary/aromatic N) is 3. The lowest BCUT2D eigenvalue weighted by Crippen LogP contribution is -2.41. The Hall–Kier alpha value is -1.07. The summed E-state index contributed by atoms with van der Waals surface area (Å²) in [4.78, 5) is 15.2. The Kier molecular flexibility index (Phi) is 6.85. The molecule has 6 heteroatoms. The van der Waals surface area contributed by atoms with Crippen molar-refractivity contribution >= 4 is 18.3 Å². The Bertz CT molecular complexity index is 636. The summed E-state index contributed by atoms with van der Waals surface area (Å²) in [5.74, 6) is 1.78. The SMILES string of the molecule is Cc1cc(C)n(CCCC(=O)N[C@H]2CN(C3CCCC3)C[C@@H]2C2CC2)n1.Cl. The number of carbonyl (C=O) groups excluding carboxylic acids is 1. The number of hydrogen-bond donors (Lipinski definition) is 1. The van der Waals surface area contributed by atoms with Crippen LogP contribution in [0.15, 0.2) is 6.07 Å². The van der Waals surface area contributed by atoms with Gasteiger partial charge in [-0.05, 0) is 63.9 Å². The summed E-state index contributed by atoms with van der Waals surface area (Å²) in [5.41, 5.74) is 2.23. The lowest BCUT2D eigenvalue weighted by molar-refractivity contribution is -0.122. The van der Waals surface area contributed by atoms with E-state index in [1.807, 2.05) is 11.6 Å². The van der Waals surface area contributed by atoms with E-state index in [0.29, 0.717) is 18.4 Å². The van der Waals surface area contributed by atoms with Crippen molar-refractivity contribution in [3.63, 3.8) is 0 Å². The van der Waals surface area contributed by atoms with Crippen LogP contribution in [0.3, 0.4) is 0 Å². The number of aromatic nitrogens is 2. The van der Waals surface area contributed by atoms with Crippen LogP contribution in [0.4, 0.5) is 0 Å². The highest BCUT2D eigenvalue weighted by Crippen LogP contribution is 2.42. The van der Waals surface area contributed by atoms with Crippen LogP contribution >= 0.6 is 12.4 Å². The molecule has 152 valence electrons. The molecule has 1 saturated heterocycles. The monoisotopic (exact) mass is 394 g/mol. The van der Waals surface area contributed by atoms with E-state index in [9.17, 15) is 4.79 Å². The summed E-state index contributed by atoms with van der Waals surface area (Å²) in [6.07, 6.45) is 9.70. The second kappa shape index (κ2) is 8.95. The molecule has 1 amide bonds. The van der Waals surface area contributed by atoms with Crippen LogP contribution in [-0.2, 0) is 11.3 Å². The van der Waals surface area contributed by atoms with Gasteiger partial charge in [0.15, 0.2) is 0 Å². The normalized spacial score (nSPS) is 26.3. The van der Waals surface area contributed by atoms with Gasteiger partial charge in [-0.15, -0.1) is 12.4 Å². The molecule has 3 fully saturated rings. The van der Waals surface area contributed by atoms with Gasteiger partial charge in [-0.2, -0.15) is 5.10 Å². The van der Waals surface area contributed by atoms with Crippen molar-refractivity contribution in [3.8, 4) is 0 Å². The average Bonchev–Trinajstić information content (AvgIpc) is 3.01. The van der Waals surface area contributed by atoms with Crippen LogP contribution in [0.25, 0.3) is 0 Å². The number of hydrogen-bond acceptors (Lipinski definition) is 3. The Morgan fingerprint density at radius 2 is 1.93 bits per heavy atom. The zero-order chi connectivity index (χ0) is 18.1. The summed E-state index contributed by atoms with van der Waals surface area (Å²) >= 11 is 0. The first kappa shape index (κ1) is 20.7. The lowest BCUT2D eigenvalue weighted by atomic mass is 9.98. The summed E-state index contributed by atoms with van der Waals surface area (Å²) in [7, 11) is 0. The van der Waals surface area contributed by atoms with E-state index in [4.69, 9.17) is 0 Å². The second-order valence-electron chi connectivity index (χ2n) is 8.82. The summed E-state index contributed by atoms with van der Waals surface area (Å²) in [5, 5.41) is 7.89. The maximum absolute atomic E-state index is 12.5. The van der Waals surface area contributed by atoms with E-state index in [1.54, 1.807) is 0 Å². The van der Waals surface area contributed by atoms with Crippen molar-refractivity contribution in [3.05, 3.63) is 17.5 Å². The van der Waals surface area contributed by atoms with Gasteiger partial charge >= 0.3 is 0 Å². The molecule has 0 bridgehead atoms. The largest absolute Gasteiger partial charge is 0.352 e. The van der Waals surface area contributed by atoms with Crippen LogP contribution in [0, 0.1) is 25.7 Å². The minimum Gasteiger partial charge on any atom is -0.352 e.